The second kappa shape index (κ2) is 9.73. The maximum atomic E-state index is 12.8. The maximum Gasteiger partial charge on any atom is 0.256 e. The van der Waals surface area contributed by atoms with Gasteiger partial charge in [-0.15, -0.1) is 0 Å². The normalized spacial score (nSPS) is 23.2. The highest BCUT2D eigenvalue weighted by Gasteiger charge is 2.42. The SMILES string of the molecule is CCOCCOc1ccc(NC(=O)C2(OCC)CCCC(C)C2)cn1. The number of hydrogen-bond acceptors (Lipinski definition) is 5. The molecule has 25 heavy (non-hydrogen) atoms. The minimum absolute atomic E-state index is 0.0762. The number of pyridine rings is 1. The molecule has 1 amide bonds. The number of hydrogen-bond donors (Lipinski definition) is 1. The molecule has 0 radical (unpaired) electrons. The second-order valence-electron chi connectivity index (χ2n) is 6.51. The van der Waals surface area contributed by atoms with E-state index in [2.05, 4.69) is 17.2 Å². The van der Waals surface area contributed by atoms with Gasteiger partial charge in [-0.05, 0) is 45.1 Å². The van der Waals surface area contributed by atoms with E-state index in [0.717, 1.165) is 25.7 Å². The van der Waals surface area contributed by atoms with Gasteiger partial charge in [0.05, 0.1) is 18.5 Å². The average molecular weight is 350 g/mol. The molecule has 1 aliphatic carbocycles. The minimum Gasteiger partial charge on any atom is -0.475 e. The molecule has 2 atom stereocenters. The molecule has 1 aliphatic rings. The van der Waals surface area contributed by atoms with Gasteiger partial charge in [0, 0.05) is 19.3 Å². The van der Waals surface area contributed by atoms with E-state index in [4.69, 9.17) is 14.2 Å². The van der Waals surface area contributed by atoms with Crippen LogP contribution in [0.2, 0.25) is 0 Å². The standard InChI is InChI=1S/C19H30N2O4/c1-4-23-11-12-24-17-9-8-16(14-20-17)21-18(22)19(25-5-2)10-6-7-15(3)13-19/h8-9,14-15H,4-7,10-13H2,1-3H3,(H,21,22). The van der Waals surface area contributed by atoms with Gasteiger partial charge >= 0.3 is 0 Å². The lowest BCUT2D eigenvalue weighted by molar-refractivity contribution is -0.147. The molecule has 1 aromatic rings. The molecule has 0 bridgehead atoms. The molecule has 0 aromatic carbocycles. The fourth-order valence-corrected chi connectivity index (χ4v) is 3.32. The van der Waals surface area contributed by atoms with Gasteiger partial charge in [0.25, 0.3) is 5.91 Å². The molecule has 1 saturated carbocycles. The lowest BCUT2D eigenvalue weighted by Gasteiger charge is -2.38. The monoisotopic (exact) mass is 350 g/mol. The van der Waals surface area contributed by atoms with Crippen LogP contribution in [0, 0.1) is 5.92 Å². The zero-order chi connectivity index (χ0) is 18.1. The molecule has 1 heterocycles. The predicted octanol–water partition coefficient (Wildman–Crippen LogP) is 3.42. The number of aromatic nitrogens is 1. The zero-order valence-electron chi connectivity index (χ0n) is 15.5. The van der Waals surface area contributed by atoms with Gasteiger partial charge in [-0.25, -0.2) is 4.98 Å². The second-order valence-corrected chi connectivity index (χ2v) is 6.51. The van der Waals surface area contributed by atoms with Crippen molar-refractivity contribution in [2.45, 2.75) is 52.1 Å². The molecule has 6 heteroatoms. The summed E-state index contributed by atoms with van der Waals surface area (Å²) in [4.78, 5) is 17.1. The Kier molecular flexibility index (Phi) is 7.65. The van der Waals surface area contributed by atoms with Gasteiger partial charge < -0.3 is 19.5 Å². The van der Waals surface area contributed by atoms with Gasteiger partial charge in [0.15, 0.2) is 0 Å². The Morgan fingerprint density at radius 3 is 2.80 bits per heavy atom. The summed E-state index contributed by atoms with van der Waals surface area (Å²) in [6.45, 7) is 8.24. The van der Waals surface area contributed by atoms with Gasteiger partial charge in [-0.3, -0.25) is 4.79 Å². The third kappa shape index (κ3) is 5.68. The number of anilines is 1. The first-order valence-corrected chi connectivity index (χ1v) is 9.21. The number of rotatable bonds is 9. The third-order valence-electron chi connectivity index (χ3n) is 4.47. The van der Waals surface area contributed by atoms with E-state index in [-0.39, 0.29) is 5.91 Å². The third-order valence-corrected chi connectivity index (χ3v) is 4.47. The van der Waals surface area contributed by atoms with Crippen LogP contribution in [0.25, 0.3) is 0 Å². The van der Waals surface area contributed by atoms with Crippen LogP contribution >= 0.6 is 0 Å². The summed E-state index contributed by atoms with van der Waals surface area (Å²) in [6, 6.07) is 3.55. The number of ether oxygens (including phenoxy) is 3. The van der Waals surface area contributed by atoms with Crippen LogP contribution in [-0.4, -0.2) is 42.9 Å². The summed E-state index contributed by atoms with van der Waals surface area (Å²) in [5.74, 6) is 0.932. The maximum absolute atomic E-state index is 12.8. The lowest BCUT2D eigenvalue weighted by Crippen LogP contribution is -2.48. The Labute approximate surface area is 150 Å². The van der Waals surface area contributed by atoms with E-state index in [1.807, 2.05) is 13.8 Å². The van der Waals surface area contributed by atoms with Gasteiger partial charge in [0.1, 0.15) is 12.2 Å². The Morgan fingerprint density at radius 1 is 1.32 bits per heavy atom. The topological polar surface area (TPSA) is 69.7 Å². The van der Waals surface area contributed by atoms with E-state index >= 15 is 0 Å². The van der Waals surface area contributed by atoms with Gasteiger partial charge in [-0.2, -0.15) is 0 Å². The predicted molar refractivity (Wildman–Crippen MR) is 96.8 cm³/mol. The molecule has 2 unspecified atom stereocenters. The Morgan fingerprint density at radius 2 is 2.16 bits per heavy atom. The molecule has 1 N–H and O–H groups in total. The molecule has 6 nitrogen and oxygen atoms in total. The number of nitrogens with zero attached hydrogens (tertiary/aromatic N) is 1. The lowest BCUT2D eigenvalue weighted by atomic mass is 9.78. The summed E-state index contributed by atoms with van der Waals surface area (Å²) in [6.07, 6.45) is 5.30. The molecule has 1 aromatic heterocycles. The molecule has 140 valence electrons. The van der Waals surface area contributed by atoms with Gasteiger partial charge in [-0.1, -0.05) is 13.3 Å². The molecular weight excluding hydrogens is 320 g/mol. The van der Waals surface area contributed by atoms with Crippen LogP contribution in [-0.2, 0) is 14.3 Å². The Bertz CT molecular complexity index is 531. The van der Waals surface area contributed by atoms with Crippen LogP contribution in [0.5, 0.6) is 5.88 Å². The van der Waals surface area contributed by atoms with Crippen molar-refractivity contribution in [2.75, 3.05) is 31.7 Å². The van der Waals surface area contributed by atoms with Crippen LogP contribution in [0.15, 0.2) is 18.3 Å². The summed E-state index contributed by atoms with van der Waals surface area (Å²) in [5, 5.41) is 2.95. The average Bonchev–Trinajstić information content (AvgIpc) is 2.60. The first-order valence-electron chi connectivity index (χ1n) is 9.21. The molecule has 0 spiro atoms. The van der Waals surface area contributed by atoms with Crippen molar-refractivity contribution in [1.82, 2.24) is 4.98 Å². The summed E-state index contributed by atoms with van der Waals surface area (Å²) in [7, 11) is 0. The van der Waals surface area contributed by atoms with Crippen LogP contribution < -0.4 is 10.1 Å². The number of amides is 1. The molecule has 1 fully saturated rings. The fraction of sp³-hybridized carbons (Fsp3) is 0.684. The van der Waals surface area contributed by atoms with E-state index in [1.54, 1.807) is 18.3 Å². The van der Waals surface area contributed by atoms with E-state index < -0.39 is 5.60 Å². The van der Waals surface area contributed by atoms with Crippen LogP contribution in [0.4, 0.5) is 5.69 Å². The van der Waals surface area contributed by atoms with E-state index in [0.29, 0.717) is 43.9 Å². The summed E-state index contributed by atoms with van der Waals surface area (Å²) >= 11 is 0. The Balaban J connectivity index is 1.94. The molecular formula is C19H30N2O4. The smallest absolute Gasteiger partial charge is 0.256 e. The van der Waals surface area contributed by atoms with Crippen molar-refractivity contribution in [3.63, 3.8) is 0 Å². The fourth-order valence-electron chi connectivity index (χ4n) is 3.32. The highest BCUT2D eigenvalue weighted by molar-refractivity contribution is 5.97. The van der Waals surface area contributed by atoms with Crippen LogP contribution in [0.3, 0.4) is 0 Å². The van der Waals surface area contributed by atoms with Crippen molar-refractivity contribution in [2.24, 2.45) is 5.92 Å². The minimum atomic E-state index is -0.723. The largest absolute Gasteiger partial charge is 0.475 e. The van der Waals surface area contributed by atoms with Crippen molar-refractivity contribution in [3.8, 4) is 5.88 Å². The van der Waals surface area contributed by atoms with Crippen molar-refractivity contribution in [3.05, 3.63) is 18.3 Å². The number of carbonyl (C=O) groups is 1. The van der Waals surface area contributed by atoms with Crippen molar-refractivity contribution >= 4 is 11.6 Å². The molecule has 0 aliphatic heterocycles. The van der Waals surface area contributed by atoms with E-state index in [1.165, 1.54) is 0 Å². The van der Waals surface area contributed by atoms with Crippen LogP contribution in [0.1, 0.15) is 46.5 Å². The highest BCUT2D eigenvalue weighted by Crippen LogP contribution is 2.36. The van der Waals surface area contributed by atoms with Gasteiger partial charge in [0.2, 0.25) is 5.88 Å². The summed E-state index contributed by atoms with van der Waals surface area (Å²) < 4.78 is 16.6. The number of carbonyl (C=O) groups excluding carboxylic acids is 1. The first-order chi connectivity index (χ1) is 12.1. The zero-order valence-corrected chi connectivity index (χ0v) is 15.5. The summed E-state index contributed by atoms with van der Waals surface area (Å²) in [5.41, 5.74) is -0.0709. The Hall–Kier alpha value is -1.66. The van der Waals surface area contributed by atoms with Crippen molar-refractivity contribution < 1.29 is 19.0 Å². The number of nitrogens with one attached hydrogen (secondary N) is 1. The highest BCUT2D eigenvalue weighted by atomic mass is 16.5. The van der Waals surface area contributed by atoms with E-state index in [9.17, 15) is 4.79 Å². The first kappa shape index (κ1) is 19.7. The molecule has 0 saturated heterocycles. The van der Waals surface area contributed by atoms with Crippen molar-refractivity contribution in [1.29, 1.82) is 0 Å². The quantitative estimate of drug-likeness (QED) is 0.691. The molecule has 2 rings (SSSR count).